The van der Waals surface area contributed by atoms with Crippen LogP contribution in [-0.4, -0.2) is 29.8 Å². The molecule has 5 rings (SSSR count). The molecule has 2 aromatic carbocycles. The van der Waals surface area contributed by atoms with Crippen molar-refractivity contribution in [2.45, 2.75) is 13.0 Å². The van der Waals surface area contributed by atoms with E-state index >= 15 is 0 Å². The third-order valence-electron chi connectivity index (χ3n) is 5.68. The lowest BCUT2D eigenvalue weighted by Crippen LogP contribution is -2.30. The van der Waals surface area contributed by atoms with Gasteiger partial charge in [-0.3, -0.25) is 19.3 Å². The number of benzene rings is 2. The number of aliphatic hydroxyl groups excluding tert-OH is 1. The summed E-state index contributed by atoms with van der Waals surface area (Å²) >= 11 is 0. The predicted molar refractivity (Wildman–Crippen MR) is 126 cm³/mol. The fourth-order valence-corrected chi connectivity index (χ4v) is 4.17. The molecule has 0 spiro atoms. The number of hydrogen-bond acceptors (Lipinski definition) is 7. The number of aliphatic hydroxyl groups is 1. The van der Waals surface area contributed by atoms with Gasteiger partial charge in [0.25, 0.3) is 5.91 Å². The number of para-hydroxylation sites is 1. The summed E-state index contributed by atoms with van der Waals surface area (Å²) in [6, 6.07) is 15.4. The van der Waals surface area contributed by atoms with E-state index in [4.69, 9.17) is 13.6 Å². The van der Waals surface area contributed by atoms with Crippen LogP contribution in [0.25, 0.3) is 11.0 Å². The second-order valence-electron chi connectivity index (χ2n) is 7.90. The van der Waals surface area contributed by atoms with Crippen molar-refractivity contribution in [2.24, 2.45) is 0 Å². The molecule has 2 aromatic heterocycles. The van der Waals surface area contributed by atoms with Gasteiger partial charge in [-0.25, -0.2) is 0 Å². The minimum atomic E-state index is -1.04. The maximum Gasteiger partial charge on any atom is 0.294 e. The number of rotatable bonds is 6. The molecule has 0 radical (unpaired) electrons. The molecule has 1 unspecified atom stereocenters. The number of Topliss-reactive ketones (excluding diaryl/α,β-unsaturated/α-hetero) is 1. The molecular weight excluding hydrogens is 452 g/mol. The van der Waals surface area contributed by atoms with Crippen molar-refractivity contribution in [3.05, 3.63) is 89.8 Å². The Hall–Kier alpha value is -4.79. The van der Waals surface area contributed by atoms with Crippen LogP contribution in [-0.2, 0) is 9.59 Å². The van der Waals surface area contributed by atoms with Crippen LogP contribution in [0, 0.1) is 0 Å². The molecule has 0 aliphatic carbocycles. The monoisotopic (exact) mass is 472 g/mol. The Morgan fingerprint density at radius 2 is 1.86 bits per heavy atom. The van der Waals surface area contributed by atoms with E-state index in [1.54, 1.807) is 54.6 Å². The lowest BCUT2D eigenvalue weighted by molar-refractivity contribution is -0.117. The number of nitrogens with zero attached hydrogens (tertiary/aromatic N) is 1. The Balaban J connectivity index is 1.58. The highest BCUT2D eigenvalue weighted by Gasteiger charge is 2.46. The molecule has 2 N–H and O–H groups in total. The maximum absolute atomic E-state index is 13.6. The van der Waals surface area contributed by atoms with Gasteiger partial charge < -0.3 is 24.0 Å². The summed E-state index contributed by atoms with van der Waals surface area (Å²) in [5.74, 6) is -1.69. The Morgan fingerprint density at radius 1 is 1.09 bits per heavy atom. The first-order chi connectivity index (χ1) is 16.9. The normalized spacial score (nSPS) is 15.7. The molecule has 9 nitrogen and oxygen atoms in total. The largest absolute Gasteiger partial charge is 0.503 e. The van der Waals surface area contributed by atoms with E-state index in [2.05, 4.69) is 5.32 Å². The summed E-state index contributed by atoms with van der Waals surface area (Å²) in [5, 5.41) is 14.1. The molecule has 1 atom stereocenters. The number of methoxy groups -OCH3 is 1. The number of nitrogens with one attached hydrogen (secondary N) is 1. The summed E-state index contributed by atoms with van der Waals surface area (Å²) in [6.07, 6.45) is 1.42. The van der Waals surface area contributed by atoms with Gasteiger partial charge >= 0.3 is 0 Å². The van der Waals surface area contributed by atoms with Gasteiger partial charge in [0.05, 0.1) is 18.9 Å². The first kappa shape index (κ1) is 22.0. The van der Waals surface area contributed by atoms with Crippen LogP contribution in [0.2, 0.25) is 0 Å². The smallest absolute Gasteiger partial charge is 0.294 e. The van der Waals surface area contributed by atoms with Crippen molar-refractivity contribution in [1.82, 2.24) is 0 Å². The van der Waals surface area contributed by atoms with E-state index in [0.29, 0.717) is 28.1 Å². The predicted octanol–water partition coefficient (Wildman–Crippen LogP) is 4.78. The number of ketones is 1. The van der Waals surface area contributed by atoms with E-state index < -0.39 is 23.5 Å². The van der Waals surface area contributed by atoms with E-state index in [-0.39, 0.29) is 23.0 Å². The number of anilines is 2. The molecule has 35 heavy (non-hydrogen) atoms. The topological polar surface area (TPSA) is 122 Å². The van der Waals surface area contributed by atoms with E-state index in [1.807, 2.05) is 0 Å². The van der Waals surface area contributed by atoms with Crippen LogP contribution in [0.3, 0.4) is 0 Å². The number of amides is 2. The molecule has 4 aromatic rings. The average Bonchev–Trinajstić information content (AvgIpc) is 3.58. The van der Waals surface area contributed by atoms with Crippen LogP contribution in [0.1, 0.15) is 29.3 Å². The van der Waals surface area contributed by atoms with Gasteiger partial charge in [-0.15, -0.1) is 0 Å². The van der Waals surface area contributed by atoms with Crippen molar-refractivity contribution in [2.75, 3.05) is 17.3 Å². The molecule has 0 fully saturated rings. The second-order valence-corrected chi connectivity index (χ2v) is 7.90. The third kappa shape index (κ3) is 3.72. The number of carbonyl (C=O) groups excluding carboxylic acids is 3. The second kappa shape index (κ2) is 8.53. The lowest BCUT2D eigenvalue weighted by atomic mass is 9.99. The standard InChI is InChI=1S/C26H20N2O7/c1-14(29)27-16-8-10-17(11-9-16)28-22(18-7-4-12-34-18)21(24(31)26(28)32)23(30)20-13-15-5-3-6-19(33-2)25(15)35-20/h3-13,22,31H,1-2H3,(H,27,29). The lowest BCUT2D eigenvalue weighted by Gasteiger charge is -2.25. The van der Waals surface area contributed by atoms with Gasteiger partial charge in [0.15, 0.2) is 22.9 Å². The Morgan fingerprint density at radius 3 is 2.51 bits per heavy atom. The van der Waals surface area contributed by atoms with Gasteiger partial charge in [-0.1, -0.05) is 12.1 Å². The molecule has 9 heteroatoms. The molecule has 0 saturated heterocycles. The van der Waals surface area contributed by atoms with Crippen LogP contribution < -0.4 is 15.0 Å². The van der Waals surface area contributed by atoms with E-state index in [9.17, 15) is 19.5 Å². The van der Waals surface area contributed by atoms with Crippen LogP contribution >= 0.6 is 0 Å². The van der Waals surface area contributed by atoms with Crippen LogP contribution in [0.15, 0.2) is 87.1 Å². The van der Waals surface area contributed by atoms with Crippen molar-refractivity contribution in [1.29, 1.82) is 0 Å². The summed E-state index contributed by atoms with van der Waals surface area (Å²) in [7, 11) is 1.49. The van der Waals surface area contributed by atoms with Crippen molar-refractivity contribution in [3.63, 3.8) is 0 Å². The zero-order valence-corrected chi connectivity index (χ0v) is 18.8. The van der Waals surface area contributed by atoms with E-state index in [0.717, 1.165) is 0 Å². The maximum atomic E-state index is 13.6. The number of ether oxygens (including phenoxy) is 1. The van der Waals surface area contributed by atoms with Gasteiger partial charge in [0.2, 0.25) is 11.7 Å². The highest BCUT2D eigenvalue weighted by Crippen LogP contribution is 2.43. The molecule has 3 heterocycles. The van der Waals surface area contributed by atoms with Gasteiger partial charge in [-0.05, 0) is 48.5 Å². The van der Waals surface area contributed by atoms with Gasteiger partial charge in [0, 0.05) is 23.7 Å². The molecule has 0 saturated carbocycles. The minimum Gasteiger partial charge on any atom is -0.503 e. The summed E-state index contributed by atoms with van der Waals surface area (Å²) in [4.78, 5) is 39.4. The fourth-order valence-electron chi connectivity index (χ4n) is 4.17. The fraction of sp³-hybridized carbons (Fsp3) is 0.115. The Kier molecular flexibility index (Phi) is 5.37. The Bertz CT molecular complexity index is 1480. The van der Waals surface area contributed by atoms with Crippen molar-refractivity contribution < 1.29 is 33.1 Å². The zero-order chi connectivity index (χ0) is 24.7. The number of fused-ring (bicyclic) bond motifs is 1. The SMILES string of the molecule is COc1cccc2cc(C(=O)C3=C(O)C(=O)N(c4ccc(NC(C)=O)cc4)C3c3ccco3)oc12. The summed E-state index contributed by atoms with van der Waals surface area (Å²) in [6.45, 7) is 1.39. The van der Waals surface area contributed by atoms with Crippen LogP contribution in [0.4, 0.5) is 11.4 Å². The van der Waals surface area contributed by atoms with Gasteiger partial charge in [-0.2, -0.15) is 0 Å². The average molecular weight is 472 g/mol. The quantitative estimate of drug-likeness (QED) is 0.387. The van der Waals surface area contributed by atoms with Crippen LogP contribution in [0.5, 0.6) is 5.75 Å². The Labute approximate surface area is 199 Å². The molecule has 0 bridgehead atoms. The number of hydrogen-bond donors (Lipinski definition) is 2. The summed E-state index contributed by atoms with van der Waals surface area (Å²) in [5.41, 5.74) is 1.13. The first-order valence-electron chi connectivity index (χ1n) is 10.7. The van der Waals surface area contributed by atoms with Crippen molar-refractivity contribution in [3.8, 4) is 5.75 Å². The van der Waals surface area contributed by atoms with E-state index in [1.165, 1.54) is 31.3 Å². The molecule has 2 amide bonds. The minimum absolute atomic E-state index is 0.0572. The molecule has 1 aliphatic heterocycles. The zero-order valence-electron chi connectivity index (χ0n) is 18.8. The molecule has 1 aliphatic rings. The number of carbonyl (C=O) groups is 3. The summed E-state index contributed by atoms with van der Waals surface area (Å²) < 4.78 is 16.6. The first-order valence-corrected chi connectivity index (χ1v) is 10.7. The number of furan rings is 2. The third-order valence-corrected chi connectivity index (χ3v) is 5.68. The van der Waals surface area contributed by atoms with Gasteiger partial charge in [0.1, 0.15) is 11.8 Å². The highest BCUT2D eigenvalue weighted by molar-refractivity contribution is 6.20. The molecular formula is C26H20N2O7. The van der Waals surface area contributed by atoms with Crippen molar-refractivity contribution >= 4 is 39.9 Å². The molecule has 176 valence electrons. The highest BCUT2D eigenvalue weighted by atomic mass is 16.5.